The Labute approximate surface area is 156 Å². The number of alkyl halides is 3. The summed E-state index contributed by atoms with van der Waals surface area (Å²) in [7, 11) is 0. The van der Waals surface area contributed by atoms with Crippen LogP contribution in [0.1, 0.15) is 31.3 Å². The van der Waals surface area contributed by atoms with Gasteiger partial charge in [-0.1, -0.05) is 6.92 Å². The van der Waals surface area contributed by atoms with E-state index in [2.05, 4.69) is 31.2 Å². The van der Waals surface area contributed by atoms with Gasteiger partial charge in [0.05, 0.1) is 16.9 Å². The molecule has 0 bridgehead atoms. The number of pyridine rings is 2. The number of nitrogens with one attached hydrogen (secondary N) is 1. The van der Waals surface area contributed by atoms with Crippen molar-refractivity contribution in [3.8, 4) is 0 Å². The van der Waals surface area contributed by atoms with Crippen molar-refractivity contribution in [3.05, 3.63) is 40.3 Å². The molecular formula is C16H16BrF3N4S. The summed E-state index contributed by atoms with van der Waals surface area (Å²) in [5.74, 6) is 1.31. The fraction of sp³-hybridized carbons (Fsp3) is 0.375. The molecule has 0 saturated heterocycles. The van der Waals surface area contributed by atoms with E-state index < -0.39 is 11.7 Å². The number of hydrogen-bond acceptors (Lipinski definition) is 5. The third-order valence-electron chi connectivity index (χ3n) is 3.84. The number of hydrogen-bond donors (Lipinski definition) is 1. The van der Waals surface area contributed by atoms with Crippen LogP contribution in [0.2, 0.25) is 0 Å². The summed E-state index contributed by atoms with van der Waals surface area (Å²) in [6, 6.07) is 3.12. The quantitative estimate of drug-likeness (QED) is 0.661. The van der Waals surface area contributed by atoms with E-state index in [1.165, 1.54) is 0 Å². The summed E-state index contributed by atoms with van der Waals surface area (Å²) in [5.41, 5.74) is 0.474. The second-order valence-electron chi connectivity index (χ2n) is 5.39. The molecule has 4 nitrogen and oxygen atoms in total. The second kappa shape index (κ2) is 7.03. The highest BCUT2D eigenvalue weighted by molar-refractivity contribution is 9.10. The van der Waals surface area contributed by atoms with Crippen LogP contribution in [-0.4, -0.2) is 22.3 Å². The van der Waals surface area contributed by atoms with Crippen molar-refractivity contribution in [2.24, 2.45) is 0 Å². The van der Waals surface area contributed by atoms with Crippen LogP contribution in [0.5, 0.6) is 0 Å². The van der Waals surface area contributed by atoms with Crippen LogP contribution in [0.4, 0.5) is 24.7 Å². The van der Waals surface area contributed by atoms with Crippen LogP contribution in [-0.2, 0) is 6.18 Å². The monoisotopic (exact) mass is 432 g/mol. The van der Waals surface area contributed by atoms with E-state index in [1.807, 2.05) is 24.8 Å². The summed E-state index contributed by atoms with van der Waals surface area (Å²) in [6.07, 6.45) is -2.21. The van der Waals surface area contributed by atoms with E-state index in [4.69, 9.17) is 0 Å². The molecule has 0 saturated carbocycles. The van der Waals surface area contributed by atoms with Crippen molar-refractivity contribution in [1.82, 2.24) is 9.97 Å². The lowest BCUT2D eigenvalue weighted by atomic mass is 10.2. The Morgan fingerprint density at radius 3 is 2.64 bits per heavy atom. The Morgan fingerprint density at radius 1 is 1.24 bits per heavy atom. The van der Waals surface area contributed by atoms with Crippen molar-refractivity contribution in [2.45, 2.75) is 31.1 Å². The maximum atomic E-state index is 13.0. The molecule has 1 unspecified atom stereocenters. The van der Waals surface area contributed by atoms with Gasteiger partial charge in [-0.05, 0) is 40.7 Å². The molecule has 0 fully saturated rings. The summed E-state index contributed by atoms with van der Waals surface area (Å²) in [5, 5.41) is 3.21. The van der Waals surface area contributed by atoms with E-state index in [-0.39, 0.29) is 6.17 Å². The molecule has 1 N–H and O–H groups in total. The molecule has 1 aliphatic rings. The van der Waals surface area contributed by atoms with Crippen molar-refractivity contribution < 1.29 is 13.2 Å². The summed E-state index contributed by atoms with van der Waals surface area (Å²) in [6.45, 7) is 4.47. The van der Waals surface area contributed by atoms with Crippen LogP contribution in [0.15, 0.2) is 33.9 Å². The SMILES string of the molecule is CCSc1cc(Br)cnc1C1Nc2ncc(C(F)(F)F)cc2N1CC. The third kappa shape index (κ3) is 3.57. The molecule has 0 aliphatic carbocycles. The van der Waals surface area contributed by atoms with Gasteiger partial charge < -0.3 is 10.2 Å². The molecule has 0 aromatic carbocycles. The van der Waals surface area contributed by atoms with E-state index in [0.717, 1.165) is 33.1 Å². The normalized spacial score (nSPS) is 16.7. The Kier molecular flexibility index (Phi) is 5.15. The van der Waals surface area contributed by atoms with E-state index in [0.29, 0.717) is 18.1 Å². The van der Waals surface area contributed by atoms with Gasteiger partial charge in [-0.2, -0.15) is 13.2 Å². The highest BCUT2D eigenvalue weighted by Crippen LogP contribution is 2.44. The molecule has 3 heterocycles. The van der Waals surface area contributed by atoms with Crippen molar-refractivity contribution in [3.63, 3.8) is 0 Å². The average molecular weight is 433 g/mol. The number of fused-ring (bicyclic) bond motifs is 1. The fourth-order valence-electron chi connectivity index (χ4n) is 2.76. The number of anilines is 2. The molecule has 134 valence electrons. The maximum absolute atomic E-state index is 13.0. The second-order valence-corrected chi connectivity index (χ2v) is 7.61. The standard InChI is InChI=1S/C16H16BrF3N4S/c1-3-24-11-5-9(16(18,19)20)7-22-14(11)23-15(24)13-12(25-4-2)6-10(17)8-21-13/h5-8,15H,3-4H2,1-2H3,(H,22,23). The van der Waals surface area contributed by atoms with Gasteiger partial charge in [-0.3, -0.25) is 4.98 Å². The van der Waals surface area contributed by atoms with Gasteiger partial charge in [0.15, 0.2) is 5.82 Å². The number of rotatable bonds is 4. The topological polar surface area (TPSA) is 41.1 Å². The minimum Gasteiger partial charge on any atom is -0.343 e. The molecule has 3 rings (SSSR count). The average Bonchev–Trinajstić information content (AvgIpc) is 2.92. The first kappa shape index (κ1) is 18.3. The van der Waals surface area contributed by atoms with Crippen molar-refractivity contribution in [1.29, 1.82) is 0 Å². The van der Waals surface area contributed by atoms with E-state index in [1.54, 1.807) is 18.0 Å². The van der Waals surface area contributed by atoms with Crippen LogP contribution in [0.25, 0.3) is 0 Å². The van der Waals surface area contributed by atoms with Crippen LogP contribution < -0.4 is 10.2 Å². The van der Waals surface area contributed by atoms with Gasteiger partial charge in [-0.15, -0.1) is 11.8 Å². The van der Waals surface area contributed by atoms with Crippen molar-refractivity contribution in [2.75, 3.05) is 22.5 Å². The lowest BCUT2D eigenvalue weighted by Crippen LogP contribution is -2.29. The van der Waals surface area contributed by atoms with Gasteiger partial charge in [0.25, 0.3) is 0 Å². The number of aromatic nitrogens is 2. The zero-order chi connectivity index (χ0) is 18.2. The number of thioether (sulfide) groups is 1. The predicted molar refractivity (Wildman–Crippen MR) is 97.0 cm³/mol. The molecule has 2 aromatic rings. The predicted octanol–water partition coefficient (Wildman–Crippen LogP) is 5.32. The summed E-state index contributed by atoms with van der Waals surface area (Å²) >= 11 is 5.06. The lowest BCUT2D eigenvalue weighted by molar-refractivity contribution is -0.137. The number of halogens is 4. The van der Waals surface area contributed by atoms with Crippen LogP contribution >= 0.6 is 27.7 Å². The minimum absolute atomic E-state index is 0.349. The smallest absolute Gasteiger partial charge is 0.343 e. The minimum atomic E-state index is -4.42. The Balaban J connectivity index is 2.03. The summed E-state index contributed by atoms with van der Waals surface area (Å²) < 4.78 is 39.9. The van der Waals surface area contributed by atoms with Gasteiger partial charge in [0.1, 0.15) is 6.17 Å². The first-order valence-electron chi connectivity index (χ1n) is 7.73. The zero-order valence-corrected chi connectivity index (χ0v) is 16.0. The summed E-state index contributed by atoms with van der Waals surface area (Å²) in [4.78, 5) is 11.3. The first-order valence-corrected chi connectivity index (χ1v) is 9.51. The molecule has 0 radical (unpaired) electrons. The van der Waals surface area contributed by atoms with Crippen LogP contribution in [0.3, 0.4) is 0 Å². The fourth-order valence-corrected chi connectivity index (χ4v) is 4.08. The van der Waals surface area contributed by atoms with Gasteiger partial charge in [-0.25, -0.2) is 4.98 Å². The van der Waals surface area contributed by atoms with Crippen LogP contribution in [0, 0.1) is 0 Å². The first-order chi connectivity index (χ1) is 11.8. The molecule has 1 aliphatic heterocycles. The maximum Gasteiger partial charge on any atom is 0.417 e. The number of nitrogens with zero attached hydrogens (tertiary/aromatic N) is 3. The van der Waals surface area contributed by atoms with E-state index in [9.17, 15) is 13.2 Å². The van der Waals surface area contributed by atoms with Gasteiger partial charge in [0.2, 0.25) is 0 Å². The van der Waals surface area contributed by atoms with Gasteiger partial charge >= 0.3 is 6.18 Å². The largest absolute Gasteiger partial charge is 0.417 e. The molecule has 0 spiro atoms. The Hall–Kier alpha value is -1.48. The Morgan fingerprint density at radius 2 is 2.00 bits per heavy atom. The Bertz CT molecular complexity index is 784. The highest BCUT2D eigenvalue weighted by atomic mass is 79.9. The molecule has 1 atom stereocenters. The van der Waals surface area contributed by atoms with Gasteiger partial charge in [0, 0.05) is 28.3 Å². The molecule has 2 aromatic heterocycles. The molecule has 25 heavy (non-hydrogen) atoms. The molecular weight excluding hydrogens is 417 g/mol. The van der Waals surface area contributed by atoms with Crippen molar-refractivity contribution >= 4 is 39.2 Å². The lowest BCUT2D eigenvalue weighted by Gasteiger charge is -2.26. The third-order valence-corrected chi connectivity index (χ3v) is 5.20. The zero-order valence-electron chi connectivity index (χ0n) is 13.6. The molecule has 9 heteroatoms. The van der Waals surface area contributed by atoms with E-state index >= 15 is 0 Å². The highest BCUT2D eigenvalue weighted by Gasteiger charge is 2.37. The molecule has 0 amide bonds.